The van der Waals surface area contributed by atoms with Gasteiger partial charge in [-0.05, 0) is 6.42 Å². The number of carbonyl (C=O) groups excluding carboxylic acids is 1. The average Bonchev–Trinajstić information content (AvgIpc) is 2.71. The van der Waals surface area contributed by atoms with Crippen LogP contribution in [0, 0.1) is 0 Å². The summed E-state index contributed by atoms with van der Waals surface area (Å²) in [6.07, 6.45) is -3.91. The fourth-order valence-electron chi connectivity index (χ4n) is 1.26. The molecule has 2 aromatic rings. The zero-order chi connectivity index (χ0) is 11.9. The van der Waals surface area contributed by atoms with Crippen molar-refractivity contribution in [2.75, 3.05) is 0 Å². The first-order valence-corrected chi connectivity index (χ1v) is 5.19. The van der Waals surface area contributed by atoms with Crippen molar-refractivity contribution in [3.63, 3.8) is 0 Å². The number of aryl methyl sites for hydroxylation is 1. The lowest BCUT2D eigenvalue weighted by Gasteiger charge is -2.01. The van der Waals surface area contributed by atoms with E-state index in [1.54, 1.807) is 0 Å². The number of nitrogens with zero attached hydrogens (tertiary/aromatic N) is 3. The number of carbonyl (C=O) groups is 1. The van der Waals surface area contributed by atoms with E-state index in [0.29, 0.717) is 11.4 Å². The number of hydrogen-bond acceptors (Lipinski definition) is 4. The molecule has 0 amide bonds. The van der Waals surface area contributed by atoms with Gasteiger partial charge in [0.05, 0.1) is 0 Å². The minimum absolute atomic E-state index is 0.0891. The van der Waals surface area contributed by atoms with E-state index in [1.807, 2.05) is 6.92 Å². The molecule has 0 aromatic carbocycles. The molecule has 4 nitrogen and oxygen atoms in total. The molecule has 0 saturated carbocycles. The summed E-state index contributed by atoms with van der Waals surface area (Å²) >= 11 is 1.05. The predicted octanol–water partition coefficient (Wildman–Crippen LogP) is 2.18. The lowest BCUT2D eigenvalue weighted by Crippen LogP contribution is -2.10. The van der Waals surface area contributed by atoms with Crippen LogP contribution in [0.5, 0.6) is 0 Å². The van der Waals surface area contributed by atoms with Gasteiger partial charge in [0.2, 0.25) is 4.96 Å². The zero-order valence-corrected chi connectivity index (χ0v) is 8.89. The van der Waals surface area contributed by atoms with Crippen molar-refractivity contribution in [2.24, 2.45) is 0 Å². The van der Waals surface area contributed by atoms with Crippen LogP contribution in [0.3, 0.4) is 0 Å². The minimum atomic E-state index is -4.63. The Morgan fingerprint density at radius 3 is 2.69 bits per heavy atom. The van der Waals surface area contributed by atoms with Crippen LogP contribution in [-0.4, -0.2) is 20.9 Å². The van der Waals surface area contributed by atoms with Crippen LogP contribution in [0.4, 0.5) is 13.2 Å². The first-order chi connectivity index (χ1) is 7.47. The summed E-state index contributed by atoms with van der Waals surface area (Å²) < 4.78 is 38.4. The molecule has 0 fully saturated rings. The van der Waals surface area contributed by atoms with Gasteiger partial charge in [0.25, 0.3) is 0 Å². The van der Waals surface area contributed by atoms with Crippen molar-refractivity contribution in [3.8, 4) is 0 Å². The molecule has 2 rings (SSSR count). The van der Waals surface area contributed by atoms with Gasteiger partial charge >= 0.3 is 6.18 Å². The molecule has 0 spiro atoms. The highest BCUT2D eigenvalue weighted by atomic mass is 32.1. The third kappa shape index (κ3) is 1.58. The van der Waals surface area contributed by atoms with Crippen LogP contribution < -0.4 is 0 Å². The van der Waals surface area contributed by atoms with Crippen LogP contribution in [0.1, 0.15) is 28.1 Å². The van der Waals surface area contributed by atoms with Gasteiger partial charge in [0.15, 0.2) is 12.0 Å². The Balaban J connectivity index is 2.70. The van der Waals surface area contributed by atoms with Crippen molar-refractivity contribution in [1.82, 2.24) is 14.6 Å². The lowest BCUT2D eigenvalue weighted by molar-refractivity contribution is -0.141. The molecule has 0 aliphatic carbocycles. The molecular formula is C8H6F3N3OS. The van der Waals surface area contributed by atoms with Crippen molar-refractivity contribution in [2.45, 2.75) is 19.5 Å². The topological polar surface area (TPSA) is 47.3 Å². The minimum Gasteiger partial charge on any atom is -0.296 e. The monoisotopic (exact) mass is 249 g/mol. The van der Waals surface area contributed by atoms with E-state index in [2.05, 4.69) is 10.1 Å². The number of alkyl halides is 3. The molecule has 0 unspecified atom stereocenters. The summed E-state index contributed by atoms with van der Waals surface area (Å²) in [6, 6.07) is 0. The standard InChI is InChI=1S/C8H6F3N3OS/c1-2-5-13-14-4(3-15)6(8(9,10)11)12-7(14)16-5/h3H,2H2,1H3. The van der Waals surface area contributed by atoms with Gasteiger partial charge in [-0.3, -0.25) is 4.79 Å². The molecule has 0 aliphatic rings. The number of rotatable bonds is 2. The number of aldehydes is 1. The number of fused-ring (bicyclic) bond motifs is 1. The Hall–Kier alpha value is -1.44. The molecule has 0 aliphatic heterocycles. The molecule has 8 heteroatoms. The molecule has 0 N–H and O–H groups in total. The van der Waals surface area contributed by atoms with Crippen molar-refractivity contribution < 1.29 is 18.0 Å². The first-order valence-electron chi connectivity index (χ1n) is 4.38. The van der Waals surface area contributed by atoms with Crippen molar-refractivity contribution in [3.05, 3.63) is 16.4 Å². The van der Waals surface area contributed by atoms with Gasteiger partial charge in [-0.15, -0.1) is 0 Å². The SMILES string of the molecule is CCc1nn2c(C=O)c(C(F)(F)F)nc2s1. The largest absolute Gasteiger partial charge is 0.435 e. The summed E-state index contributed by atoms with van der Waals surface area (Å²) in [5.74, 6) is 0. The Kier molecular flexibility index (Phi) is 2.45. The van der Waals surface area contributed by atoms with E-state index in [9.17, 15) is 18.0 Å². The first kappa shape index (κ1) is 11.1. The fraction of sp³-hybridized carbons (Fsp3) is 0.375. The molecule has 0 atom stereocenters. The third-order valence-electron chi connectivity index (χ3n) is 1.96. The fourth-order valence-corrected chi connectivity index (χ4v) is 2.10. The Morgan fingerprint density at radius 1 is 1.50 bits per heavy atom. The molecule has 16 heavy (non-hydrogen) atoms. The maximum Gasteiger partial charge on any atom is 0.435 e. The second kappa shape index (κ2) is 3.55. The van der Waals surface area contributed by atoms with Crippen LogP contribution in [-0.2, 0) is 12.6 Å². The molecule has 0 saturated heterocycles. The normalized spacial score (nSPS) is 12.2. The van der Waals surface area contributed by atoms with Crippen molar-refractivity contribution >= 4 is 22.6 Å². The zero-order valence-electron chi connectivity index (χ0n) is 8.08. The van der Waals surface area contributed by atoms with E-state index in [-0.39, 0.29) is 11.2 Å². The van der Waals surface area contributed by atoms with Crippen LogP contribution in [0.15, 0.2) is 0 Å². The highest BCUT2D eigenvalue weighted by molar-refractivity contribution is 7.16. The second-order valence-electron chi connectivity index (χ2n) is 3.00. The molecule has 0 bridgehead atoms. The number of halogens is 3. The number of imidazole rings is 1. The maximum absolute atomic E-state index is 12.5. The van der Waals surface area contributed by atoms with Gasteiger partial charge in [0, 0.05) is 0 Å². The van der Waals surface area contributed by atoms with E-state index >= 15 is 0 Å². The highest BCUT2D eigenvalue weighted by Crippen LogP contribution is 2.32. The second-order valence-corrected chi connectivity index (χ2v) is 4.05. The third-order valence-corrected chi connectivity index (χ3v) is 3.02. The lowest BCUT2D eigenvalue weighted by atomic mass is 10.3. The molecule has 2 heterocycles. The Labute approximate surface area is 91.7 Å². The summed E-state index contributed by atoms with van der Waals surface area (Å²) in [5.41, 5.74) is -1.72. The van der Waals surface area contributed by atoms with E-state index < -0.39 is 17.6 Å². The number of aromatic nitrogens is 3. The highest BCUT2D eigenvalue weighted by Gasteiger charge is 2.38. The van der Waals surface area contributed by atoms with Crippen LogP contribution >= 0.6 is 11.3 Å². The van der Waals surface area contributed by atoms with Gasteiger partial charge in [-0.25, -0.2) is 4.98 Å². The van der Waals surface area contributed by atoms with Gasteiger partial charge in [-0.2, -0.15) is 22.8 Å². The van der Waals surface area contributed by atoms with E-state index in [4.69, 9.17) is 0 Å². The number of hydrogen-bond donors (Lipinski definition) is 0. The quantitative estimate of drug-likeness (QED) is 0.766. The predicted molar refractivity (Wildman–Crippen MR) is 50.6 cm³/mol. The smallest absolute Gasteiger partial charge is 0.296 e. The van der Waals surface area contributed by atoms with Crippen LogP contribution in [0.25, 0.3) is 4.96 Å². The molecule has 0 radical (unpaired) electrons. The van der Waals surface area contributed by atoms with E-state index in [1.165, 1.54) is 0 Å². The summed E-state index contributed by atoms with van der Waals surface area (Å²) in [7, 11) is 0. The maximum atomic E-state index is 12.5. The summed E-state index contributed by atoms with van der Waals surface area (Å²) in [6.45, 7) is 1.82. The van der Waals surface area contributed by atoms with E-state index in [0.717, 1.165) is 15.9 Å². The van der Waals surface area contributed by atoms with Gasteiger partial charge < -0.3 is 0 Å². The van der Waals surface area contributed by atoms with Gasteiger partial charge in [-0.1, -0.05) is 18.3 Å². The van der Waals surface area contributed by atoms with Gasteiger partial charge in [0.1, 0.15) is 10.7 Å². The summed E-state index contributed by atoms with van der Waals surface area (Å²) in [5, 5.41) is 4.52. The molecule has 2 aromatic heterocycles. The van der Waals surface area contributed by atoms with Crippen molar-refractivity contribution in [1.29, 1.82) is 0 Å². The average molecular weight is 249 g/mol. The Morgan fingerprint density at radius 2 is 2.19 bits per heavy atom. The summed E-state index contributed by atoms with van der Waals surface area (Å²) in [4.78, 5) is 14.1. The Bertz CT molecular complexity index is 542. The molecule has 86 valence electrons. The molecular weight excluding hydrogens is 243 g/mol. The van der Waals surface area contributed by atoms with Crippen LogP contribution in [0.2, 0.25) is 0 Å².